The summed E-state index contributed by atoms with van der Waals surface area (Å²) in [4.78, 5) is 0. The zero-order chi connectivity index (χ0) is 14.0. The van der Waals surface area contributed by atoms with Crippen LogP contribution in [0, 0.1) is 11.3 Å². The smallest absolute Gasteiger partial charge is 0.210 e. The minimum Gasteiger partial charge on any atom is -0.213 e. The third kappa shape index (κ3) is 4.13. The number of nitrogens with one attached hydrogen (secondary N) is 1. The molecule has 0 aromatic heterocycles. The third-order valence-electron chi connectivity index (χ3n) is 2.57. The van der Waals surface area contributed by atoms with Crippen LogP contribution in [0.2, 0.25) is 0 Å². The van der Waals surface area contributed by atoms with Gasteiger partial charge in [-0.25, -0.2) is 8.42 Å². The minimum atomic E-state index is -3.39. The van der Waals surface area contributed by atoms with Crippen LogP contribution in [0.3, 0.4) is 0 Å². The van der Waals surface area contributed by atoms with Crippen LogP contribution in [-0.2, 0) is 15.4 Å². The van der Waals surface area contributed by atoms with Crippen LogP contribution in [0.25, 0.3) is 0 Å². The van der Waals surface area contributed by atoms with Crippen molar-refractivity contribution in [2.75, 3.05) is 6.26 Å². The van der Waals surface area contributed by atoms with Gasteiger partial charge in [-0.2, -0.15) is 9.98 Å². The maximum Gasteiger partial charge on any atom is 0.210 e. The molecule has 0 saturated carbocycles. The number of hydrogen-bond acceptors (Lipinski definition) is 3. The molecule has 0 aliphatic carbocycles. The Balaban J connectivity index is 3.01. The summed E-state index contributed by atoms with van der Waals surface area (Å²) in [5.74, 6) is 0. The topological polar surface area (TPSA) is 70.0 Å². The lowest BCUT2D eigenvalue weighted by molar-refractivity contribution is 0.580. The Morgan fingerprint density at radius 1 is 1.22 bits per heavy atom. The van der Waals surface area contributed by atoms with Crippen LogP contribution in [0.4, 0.5) is 0 Å². The number of nitriles is 1. The molecule has 1 rings (SSSR count). The number of sulfonamides is 1. The predicted molar refractivity (Wildman–Crippen MR) is 71.5 cm³/mol. The van der Waals surface area contributed by atoms with Gasteiger partial charge < -0.3 is 0 Å². The average Bonchev–Trinajstić information content (AvgIpc) is 2.24. The van der Waals surface area contributed by atoms with Gasteiger partial charge >= 0.3 is 0 Å². The summed E-state index contributed by atoms with van der Waals surface area (Å²) in [5.41, 5.74) is 1.82. The largest absolute Gasteiger partial charge is 0.213 e. The van der Waals surface area contributed by atoms with E-state index in [1.54, 1.807) is 12.1 Å². The molecule has 1 aromatic rings. The predicted octanol–water partition coefficient (Wildman–Crippen LogP) is 2.10. The van der Waals surface area contributed by atoms with Gasteiger partial charge in [0.25, 0.3) is 0 Å². The molecule has 1 N–H and O–H groups in total. The van der Waals surface area contributed by atoms with E-state index in [4.69, 9.17) is 5.26 Å². The van der Waals surface area contributed by atoms with E-state index in [1.165, 1.54) is 0 Å². The van der Waals surface area contributed by atoms with Crippen LogP contribution in [0.1, 0.15) is 37.9 Å². The first-order valence-electron chi connectivity index (χ1n) is 5.61. The molecule has 1 aromatic carbocycles. The van der Waals surface area contributed by atoms with E-state index in [0.717, 1.165) is 11.8 Å². The highest BCUT2D eigenvalue weighted by molar-refractivity contribution is 7.88. The maximum atomic E-state index is 11.1. The molecule has 0 fully saturated rings. The summed E-state index contributed by atoms with van der Waals surface area (Å²) in [6.45, 7) is 6.29. The van der Waals surface area contributed by atoms with E-state index in [9.17, 15) is 8.42 Å². The third-order valence-corrected chi connectivity index (χ3v) is 3.23. The summed E-state index contributed by atoms with van der Waals surface area (Å²) in [7, 11) is -3.39. The fraction of sp³-hybridized carbons (Fsp3) is 0.462. The molecule has 1 unspecified atom stereocenters. The zero-order valence-electron chi connectivity index (χ0n) is 11.1. The van der Waals surface area contributed by atoms with Crippen LogP contribution in [0.5, 0.6) is 0 Å². The molecule has 4 nitrogen and oxygen atoms in total. The standard InChI is InChI=1S/C13H18N2O2S/c1-13(2,3)11-7-5-10(6-8-11)12(9-14)15-18(4,16)17/h5-8,12,15H,1-4H3. The number of hydrogen-bond donors (Lipinski definition) is 1. The summed E-state index contributed by atoms with van der Waals surface area (Å²) in [6, 6.07) is 8.51. The molecule has 0 radical (unpaired) electrons. The Morgan fingerprint density at radius 3 is 2.06 bits per heavy atom. The lowest BCUT2D eigenvalue weighted by Crippen LogP contribution is -2.26. The first kappa shape index (κ1) is 14.7. The van der Waals surface area contributed by atoms with E-state index < -0.39 is 16.1 Å². The highest BCUT2D eigenvalue weighted by Crippen LogP contribution is 2.23. The normalized spacial score (nSPS) is 13.9. The zero-order valence-corrected chi connectivity index (χ0v) is 11.9. The SMILES string of the molecule is CC(C)(C)c1ccc(C(C#N)NS(C)(=O)=O)cc1. The van der Waals surface area contributed by atoms with Crippen LogP contribution in [0.15, 0.2) is 24.3 Å². The number of benzene rings is 1. The second-order valence-corrected chi connectivity index (χ2v) is 7.10. The van der Waals surface area contributed by atoms with Crippen molar-refractivity contribution in [2.45, 2.75) is 32.2 Å². The van der Waals surface area contributed by atoms with Gasteiger partial charge in [0.15, 0.2) is 0 Å². The molecule has 5 heteroatoms. The molecule has 0 amide bonds. The van der Waals surface area contributed by atoms with Crippen molar-refractivity contribution in [3.8, 4) is 6.07 Å². The monoisotopic (exact) mass is 266 g/mol. The Morgan fingerprint density at radius 2 is 1.72 bits per heavy atom. The molecular formula is C13H18N2O2S. The fourth-order valence-corrected chi connectivity index (χ4v) is 2.18. The number of rotatable bonds is 3. The van der Waals surface area contributed by atoms with Gasteiger partial charge in [0.1, 0.15) is 6.04 Å². The van der Waals surface area contributed by atoms with E-state index in [1.807, 2.05) is 18.2 Å². The van der Waals surface area contributed by atoms with Crippen molar-refractivity contribution in [1.82, 2.24) is 4.72 Å². The Labute approximate surface area is 109 Å². The molecular weight excluding hydrogens is 248 g/mol. The van der Waals surface area contributed by atoms with E-state index in [-0.39, 0.29) is 5.41 Å². The molecule has 0 aliphatic heterocycles. The first-order valence-corrected chi connectivity index (χ1v) is 7.50. The van der Waals surface area contributed by atoms with Crippen LogP contribution >= 0.6 is 0 Å². The van der Waals surface area contributed by atoms with Gasteiger partial charge in [0.05, 0.1) is 12.3 Å². The van der Waals surface area contributed by atoms with Crippen molar-refractivity contribution in [2.24, 2.45) is 0 Å². The van der Waals surface area contributed by atoms with Crippen molar-refractivity contribution in [3.63, 3.8) is 0 Å². The molecule has 0 heterocycles. The summed E-state index contributed by atoms with van der Waals surface area (Å²) >= 11 is 0. The van der Waals surface area contributed by atoms with Gasteiger partial charge in [0.2, 0.25) is 10.0 Å². The van der Waals surface area contributed by atoms with Gasteiger partial charge in [-0.05, 0) is 16.5 Å². The molecule has 98 valence electrons. The molecule has 0 saturated heterocycles. The highest BCUT2D eigenvalue weighted by atomic mass is 32.2. The highest BCUT2D eigenvalue weighted by Gasteiger charge is 2.17. The summed E-state index contributed by atoms with van der Waals surface area (Å²) in [5, 5.41) is 9.00. The van der Waals surface area contributed by atoms with Crippen molar-refractivity contribution >= 4 is 10.0 Å². The molecule has 0 bridgehead atoms. The second kappa shape index (κ2) is 5.09. The average molecular weight is 266 g/mol. The lowest BCUT2D eigenvalue weighted by atomic mass is 9.86. The Kier molecular flexibility index (Phi) is 4.15. The Hall–Kier alpha value is -1.38. The minimum absolute atomic E-state index is 0.0327. The maximum absolute atomic E-state index is 11.1. The molecule has 18 heavy (non-hydrogen) atoms. The van der Waals surface area contributed by atoms with E-state index in [2.05, 4.69) is 25.5 Å². The van der Waals surface area contributed by atoms with Gasteiger partial charge in [-0.3, -0.25) is 0 Å². The first-order chi connectivity index (χ1) is 8.13. The second-order valence-electron chi connectivity index (χ2n) is 5.32. The molecule has 0 aliphatic rings. The quantitative estimate of drug-likeness (QED) is 0.910. The molecule has 1 atom stereocenters. The fourth-order valence-electron chi connectivity index (χ4n) is 1.56. The Bertz CT molecular complexity index is 548. The van der Waals surface area contributed by atoms with Crippen LogP contribution < -0.4 is 4.72 Å². The number of nitrogens with zero attached hydrogens (tertiary/aromatic N) is 1. The summed E-state index contributed by atoms with van der Waals surface area (Å²) in [6.07, 6.45) is 1.04. The van der Waals surface area contributed by atoms with E-state index in [0.29, 0.717) is 5.56 Å². The van der Waals surface area contributed by atoms with Gasteiger partial charge in [-0.1, -0.05) is 45.0 Å². The summed E-state index contributed by atoms with van der Waals surface area (Å²) < 4.78 is 24.6. The van der Waals surface area contributed by atoms with Crippen molar-refractivity contribution < 1.29 is 8.42 Å². The van der Waals surface area contributed by atoms with E-state index >= 15 is 0 Å². The van der Waals surface area contributed by atoms with Gasteiger partial charge in [-0.15, -0.1) is 0 Å². The van der Waals surface area contributed by atoms with Crippen molar-refractivity contribution in [1.29, 1.82) is 5.26 Å². The lowest BCUT2D eigenvalue weighted by Gasteiger charge is -2.19. The van der Waals surface area contributed by atoms with Crippen LogP contribution in [-0.4, -0.2) is 14.7 Å². The van der Waals surface area contributed by atoms with Gasteiger partial charge in [0, 0.05) is 0 Å². The molecule has 0 spiro atoms. The van der Waals surface area contributed by atoms with Crippen molar-refractivity contribution in [3.05, 3.63) is 35.4 Å².